The molecule has 1 unspecified atom stereocenters. The van der Waals surface area contributed by atoms with Gasteiger partial charge in [-0.2, -0.15) is 0 Å². The molecule has 1 rings (SSSR count). The van der Waals surface area contributed by atoms with Gasteiger partial charge in [0.2, 0.25) is 5.75 Å². The van der Waals surface area contributed by atoms with Crippen molar-refractivity contribution in [2.45, 2.75) is 27.1 Å². The van der Waals surface area contributed by atoms with Crippen molar-refractivity contribution in [3.05, 3.63) is 17.7 Å². The van der Waals surface area contributed by atoms with Gasteiger partial charge in [-0.25, -0.2) is 0 Å². The molecule has 1 N–H and O–H groups in total. The van der Waals surface area contributed by atoms with Gasteiger partial charge in [-0.3, -0.25) is 14.4 Å². The summed E-state index contributed by atoms with van der Waals surface area (Å²) in [6.07, 6.45) is -1.26. The number of ether oxygens (including phenoxy) is 3. The van der Waals surface area contributed by atoms with Crippen molar-refractivity contribution in [3.8, 4) is 17.2 Å². The Hall–Kier alpha value is -2.12. The van der Waals surface area contributed by atoms with Gasteiger partial charge in [0, 0.05) is 19.4 Å². The van der Waals surface area contributed by atoms with Crippen molar-refractivity contribution in [1.29, 1.82) is 0 Å². The Morgan fingerprint density at radius 2 is 1.62 bits per heavy atom. The Kier molecular flexibility index (Phi) is 5.69. The molecular weight excluding hydrogens is 304 g/mol. The summed E-state index contributed by atoms with van der Waals surface area (Å²) in [5, 5.41) is 8.44. The second-order valence-corrected chi connectivity index (χ2v) is 4.32. The van der Waals surface area contributed by atoms with Gasteiger partial charge in [-0.15, -0.1) is 0 Å². The fourth-order valence-electron chi connectivity index (χ4n) is 1.44. The van der Waals surface area contributed by atoms with E-state index in [-0.39, 0.29) is 22.8 Å². The Morgan fingerprint density at radius 1 is 1.10 bits per heavy atom. The Labute approximate surface area is 125 Å². The maximum atomic E-state index is 11.3. The number of esters is 2. The summed E-state index contributed by atoms with van der Waals surface area (Å²) < 4.78 is 14.8. The van der Waals surface area contributed by atoms with Crippen LogP contribution in [0.2, 0.25) is 0 Å². The summed E-state index contributed by atoms with van der Waals surface area (Å²) >= 11 is 5.37. The highest BCUT2D eigenvalue weighted by atomic mass is 35.5. The Bertz CT molecular complexity index is 580. The van der Waals surface area contributed by atoms with Crippen molar-refractivity contribution in [3.63, 3.8) is 0 Å². The standard InChI is InChI=1S/C13H13ClO7/c1-6(15)19-10-4-9(13(14)18)5-11(20-7(2)16)12(10)21-8(3)17/h4-6,15H,1-3H3. The van der Waals surface area contributed by atoms with E-state index in [2.05, 4.69) is 0 Å². The average Bonchev–Trinajstić information content (AvgIpc) is 2.30. The predicted octanol–water partition coefficient (Wildman–Crippen LogP) is 1.63. The molecule has 1 aromatic carbocycles. The number of hydrogen-bond acceptors (Lipinski definition) is 7. The quantitative estimate of drug-likeness (QED) is 0.381. The SMILES string of the molecule is CC(=O)Oc1cc(C(=O)Cl)cc(OC(C)O)c1OC(C)=O. The monoisotopic (exact) mass is 316 g/mol. The lowest BCUT2D eigenvalue weighted by Crippen LogP contribution is -2.14. The van der Waals surface area contributed by atoms with Crippen LogP contribution in [-0.2, 0) is 9.59 Å². The number of benzene rings is 1. The number of rotatable bonds is 5. The number of aliphatic hydroxyl groups is 1. The molecule has 0 aliphatic heterocycles. The van der Waals surface area contributed by atoms with E-state index in [1.807, 2.05) is 0 Å². The summed E-state index contributed by atoms with van der Waals surface area (Å²) in [5.41, 5.74) is -0.0560. The zero-order valence-electron chi connectivity index (χ0n) is 11.5. The molecule has 7 nitrogen and oxygen atoms in total. The fourth-order valence-corrected chi connectivity index (χ4v) is 1.55. The summed E-state index contributed by atoms with van der Waals surface area (Å²) in [5.74, 6) is -2.03. The molecule has 0 bridgehead atoms. The second-order valence-electron chi connectivity index (χ2n) is 3.98. The minimum absolute atomic E-state index is 0.0560. The molecule has 0 heterocycles. The van der Waals surface area contributed by atoms with E-state index in [0.717, 1.165) is 26.0 Å². The highest BCUT2D eigenvalue weighted by Gasteiger charge is 2.21. The van der Waals surface area contributed by atoms with Crippen LogP contribution in [0.25, 0.3) is 0 Å². The van der Waals surface area contributed by atoms with Crippen molar-refractivity contribution in [2.24, 2.45) is 0 Å². The summed E-state index contributed by atoms with van der Waals surface area (Å²) in [6.45, 7) is 3.56. The lowest BCUT2D eigenvalue weighted by molar-refractivity contribution is -0.134. The molecule has 1 atom stereocenters. The van der Waals surface area contributed by atoms with E-state index in [1.54, 1.807) is 0 Å². The molecule has 0 saturated heterocycles. The molecule has 0 aliphatic carbocycles. The average molecular weight is 317 g/mol. The van der Waals surface area contributed by atoms with E-state index in [4.69, 9.17) is 25.8 Å². The maximum absolute atomic E-state index is 11.3. The highest BCUT2D eigenvalue weighted by Crippen LogP contribution is 2.40. The van der Waals surface area contributed by atoms with E-state index in [9.17, 15) is 19.5 Å². The predicted molar refractivity (Wildman–Crippen MR) is 71.6 cm³/mol. The van der Waals surface area contributed by atoms with E-state index in [0.29, 0.717) is 0 Å². The van der Waals surface area contributed by atoms with Crippen LogP contribution < -0.4 is 14.2 Å². The van der Waals surface area contributed by atoms with Gasteiger partial charge in [0.05, 0.1) is 0 Å². The van der Waals surface area contributed by atoms with Crippen LogP contribution in [-0.4, -0.2) is 28.6 Å². The van der Waals surface area contributed by atoms with E-state index in [1.165, 1.54) is 6.92 Å². The minimum atomic E-state index is -1.26. The minimum Gasteiger partial charge on any atom is -0.461 e. The van der Waals surface area contributed by atoms with Crippen LogP contribution in [0.15, 0.2) is 12.1 Å². The third kappa shape index (κ3) is 5.05. The first kappa shape index (κ1) is 16.9. The molecule has 21 heavy (non-hydrogen) atoms. The second kappa shape index (κ2) is 7.05. The maximum Gasteiger partial charge on any atom is 0.308 e. The zero-order chi connectivity index (χ0) is 16.2. The molecule has 0 spiro atoms. The molecule has 0 amide bonds. The summed E-state index contributed by atoms with van der Waals surface area (Å²) in [6, 6.07) is 2.29. The number of carbonyl (C=O) groups is 3. The van der Waals surface area contributed by atoms with Crippen LogP contribution in [0, 0.1) is 0 Å². The normalized spacial score (nSPS) is 11.5. The van der Waals surface area contributed by atoms with Gasteiger partial charge in [-0.1, -0.05) is 0 Å². The van der Waals surface area contributed by atoms with E-state index < -0.39 is 23.5 Å². The number of aliphatic hydroxyl groups excluding tert-OH is 1. The molecule has 1 aromatic rings. The Balaban J connectivity index is 3.46. The lowest BCUT2D eigenvalue weighted by Gasteiger charge is -2.16. The van der Waals surface area contributed by atoms with E-state index >= 15 is 0 Å². The molecular formula is C13H13ClO7. The first-order chi connectivity index (χ1) is 9.70. The molecule has 0 aromatic heterocycles. The zero-order valence-corrected chi connectivity index (χ0v) is 12.3. The van der Waals surface area contributed by atoms with Crippen LogP contribution in [0.4, 0.5) is 0 Å². The molecule has 8 heteroatoms. The molecule has 0 fully saturated rings. The number of hydrogen-bond donors (Lipinski definition) is 1. The Morgan fingerprint density at radius 3 is 2.05 bits per heavy atom. The van der Waals surface area contributed by atoms with Gasteiger partial charge >= 0.3 is 11.9 Å². The summed E-state index contributed by atoms with van der Waals surface area (Å²) in [7, 11) is 0. The van der Waals surface area contributed by atoms with Crippen LogP contribution in [0.1, 0.15) is 31.1 Å². The molecule has 0 aliphatic rings. The van der Waals surface area contributed by atoms with Gasteiger partial charge < -0.3 is 19.3 Å². The van der Waals surface area contributed by atoms with Crippen LogP contribution in [0.5, 0.6) is 17.2 Å². The van der Waals surface area contributed by atoms with Crippen LogP contribution in [0.3, 0.4) is 0 Å². The van der Waals surface area contributed by atoms with Crippen LogP contribution >= 0.6 is 11.6 Å². The third-order valence-electron chi connectivity index (χ3n) is 2.04. The highest BCUT2D eigenvalue weighted by molar-refractivity contribution is 6.67. The number of carbonyl (C=O) groups excluding carboxylic acids is 3. The van der Waals surface area contributed by atoms with Gasteiger partial charge in [0.1, 0.15) is 0 Å². The number of halogens is 1. The topological polar surface area (TPSA) is 99.1 Å². The van der Waals surface area contributed by atoms with Gasteiger partial charge in [0.25, 0.3) is 5.24 Å². The summed E-state index contributed by atoms with van der Waals surface area (Å²) in [4.78, 5) is 33.5. The first-order valence-electron chi connectivity index (χ1n) is 5.80. The van der Waals surface area contributed by atoms with Crippen molar-refractivity contribution >= 4 is 28.8 Å². The lowest BCUT2D eigenvalue weighted by atomic mass is 10.2. The van der Waals surface area contributed by atoms with Gasteiger partial charge in [-0.05, 0) is 30.7 Å². The molecule has 114 valence electrons. The molecule has 0 saturated carbocycles. The third-order valence-corrected chi connectivity index (χ3v) is 2.26. The van der Waals surface area contributed by atoms with Gasteiger partial charge in [0.15, 0.2) is 17.8 Å². The van der Waals surface area contributed by atoms with Crippen molar-refractivity contribution in [2.75, 3.05) is 0 Å². The van der Waals surface area contributed by atoms with Crippen molar-refractivity contribution < 1.29 is 33.7 Å². The molecule has 0 radical (unpaired) electrons. The fraction of sp³-hybridized carbons (Fsp3) is 0.308. The van der Waals surface area contributed by atoms with Crippen molar-refractivity contribution in [1.82, 2.24) is 0 Å². The first-order valence-corrected chi connectivity index (χ1v) is 6.18. The smallest absolute Gasteiger partial charge is 0.308 e. The largest absolute Gasteiger partial charge is 0.461 e.